The van der Waals surface area contributed by atoms with Crippen molar-refractivity contribution in [3.8, 4) is 11.5 Å². The lowest BCUT2D eigenvalue weighted by Gasteiger charge is -2.35. The Hall–Kier alpha value is -2.54. The number of nitrogens with zero attached hydrogens (tertiary/aromatic N) is 5. The van der Waals surface area contributed by atoms with Crippen molar-refractivity contribution in [3.63, 3.8) is 0 Å². The molecule has 0 bridgehead atoms. The van der Waals surface area contributed by atoms with Gasteiger partial charge in [0.05, 0.1) is 38.8 Å². The minimum atomic E-state index is -0.843. The van der Waals surface area contributed by atoms with Gasteiger partial charge in [0, 0.05) is 38.9 Å². The number of rotatable bonds is 7. The van der Waals surface area contributed by atoms with Crippen LogP contribution in [0.1, 0.15) is 18.6 Å². The Morgan fingerprint density at radius 2 is 1.94 bits per heavy atom. The number of carbonyl (C=O) groups excluding carboxylic acids is 1. The highest BCUT2D eigenvalue weighted by molar-refractivity contribution is 14.0. The van der Waals surface area contributed by atoms with Crippen molar-refractivity contribution >= 4 is 41.5 Å². The molecule has 0 spiro atoms. The molecule has 10 nitrogen and oxygen atoms in total. The SMILES string of the molecule is CCNC(=NCC(O)c1cc(OC)cc(OC)c1)N1CCN(c2cnn(C)c2)C(=O)C1.I. The Balaban J connectivity index is 0.00000363. The van der Waals surface area contributed by atoms with Crippen molar-refractivity contribution in [2.45, 2.75) is 13.0 Å². The van der Waals surface area contributed by atoms with Gasteiger partial charge < -0.3 is 29.7 Å². The van der Waals surface area contributed by atoms with Gasteiger partial charge in [-0.1, -0.05) is 0 Å². The number of ether oxygens (including phenoxy) is 2. The van der Waals surface area contributed by atoms with E-state index in [9.17, 15) is 9.90 Å². The fourth-order valence-electron chi connectivity index (χ4n) is 3.40. The van der Waals surface area contributed by atoms with Crippen molar-refractivity contribution in [1.29, 1.82) is 0 Å². The van der Waals surface area contributed by atoms with Gasteiger partial charge in [-0.15, -0.1) is 24.0 Å². The highest BCUT2D eigenvalue weighted by Gasteiger charge is 2.27. The topological polar surface area (TPSA) is 104 Å². The van der Waals surface area contributed by atoms with E-state index < -0.39 is 6.10 Å². The summed E-state index contributed by atoms with van der Waals surface area (Å²) in [6.45, 7) is 4.10. The summed E-state index contributed by atoms with van der Waals surface area (Å²) in [5.41, 5.74) is 1.43. The lowest BCUT2D eigenvalue weighted by molar-refractivity contribution is -0.120. The van der Waals surface area contributed by atoms with Gasteiger partial charge in [0.25, 0.3) is 0 Å². The standard InChI is InChI=1S/C21H30N6O4.HI/c1-5-22-21(23-12-19(28)15-8-17(30-3)10-18(9-15)31-4)26-6-7-27(20(29)14-26)16-11-24-25(2)13-16;/h8-11,13,19,28H,5-7,12,14H2,1-4H3,(H,22,23);1H. The number of hydrogen-bond acceptors (Lipinski definition) is 6. The second-order valence-electron chi connectivity index (χ2n) is 7.20. The number of methoxy groups -OCH3 is 2. The van der Waals surface area contributed by atoms with Crippen molar-refractivity contribution in [3.05, 3.63) is 36.2 Å². The fraction of sp³-hybridized carbons (Fsp3) is 0.476. The smallest absolute Gasteiger partial charge is 0.246 e. The highest BCUT2D eigenvalue weighted by Crippen LogP contribution is 2.26. The molecule has 1 unspecified atom stereocenters. The molecule has 1 aliphatic rings. The predicted octanol–water partition coefficient (Wildman–Crippen LogP) is 1.40. The molecule has 1 amide bonds. The molecule has 2 aromatic rings. The summed E-state index contributed by atoms with van der Waals surface area (Å²) >= 11 is 0. The van der Waals surface area contributed by atoms with Gasteiger partial charge in [0.2, 0.25) is 5.91 Å². The third-order valence-corrected chi connectivity index (χ3v) is 5.03. The van der Waals surface area contributed by atoms with Gasteiger partial charge in [0.15, 0.2) is 5.96 Å². The molecule has 3 rings (SSSR count). The van der Waals surface area contributed by atoms with Crippen LogP contribution in [0.2, 0.25) is 0 Å². The Morgan fingerprint density at radius 1 is 1.25 bits per heavy atom. The van der Waals surface area contributed by atoms with Crippen molar-refractivity contribution in [2.24, 2.45) is 12.0 Å². The Morgan fingerprint density at radius 3 is 2.47 bits per heavy atom. The number of amides is 1. The molecule has 0 radical (unpaired) electrons. The number of aliphatic imine (C=N–C) groups is 1. The summed E-state index contributed by atoms with van der Waals surface area (Å²) in [6, 6.07) is 5.26. The summed E-state index contributed by atoms with van der Waals surface area (Å²) < 4.78 is 12.2. The average Bonchev–Trinajstić information content (AvgIpc) is 3.21. The number of halogens is 1. The molecule has 1 aliphatic heterocycles. The quantitative estimate of drug-likeness (QED) is 0.301. The third-order valence-electron chi connectivity index (χ3n) is 5.03. The first kappa shape index (κ1) is 25.7. The van der Waals surface area contributed by atoms with E-state index in [-0.39, 0.29) is 43.0 Å². The molecule has 11 heteroatoms. The lowest BCUT2D eigenvalue weighted by Crippen LogP contribution is -2.55. The molecular weight excluding hydrogens is 527 g/mol. The van der Waals surface area contributed by atoms with Crippen molar-refractivity contribution in [2.75, 3.05) is 51.8 Å². The van der Waals surface area contributed by atoms with E-state index in [1.54, 1.807) is 48.2 Å². The summed E-state index contributed by atoms with van der Waals surface area (Å²) in [5.74, 6) is 1.77. The van der Waals surface area contributed by atoms with Crippen LogP contribution in [0.15, 0.2) is 35.6 Å². The van der Waals surface area contributed by atoms with E-state index in [0.29, 0.717) is 42.7 Å². The number of nitrogens with one attached hydrogen (secondary N) is 1. The Bertz CT molecular complexity index is 913. The van der Waals surface area contributed by atoms with Gasteiger partial charge in [0.1, 0.15) is 18.0 Å². The highest BCUT2D eigenvalue weighted by atomic mass is 127. The maximum Gasteiger partial charge on any atom is 0.246 e. The fourth-order valence-corrected chi connectivity index (χ4v) is 3.40. The number of benzene rings is 1. The summed E-state index contributed by atoms with van der Waals surface area (Å²) in [6.07, 6.45) is 2.67. The maximum absolute atomic E-state index is 12.7. The van der Waals surface area contributed by atoms with Gasteiger partial charge in [-0.05, 0) is 24.6 Å². The van der Waals surface area contributed by atoms with Gasteiger partial charge in [-0.25, -0.2) is 0 Å². The minimum Gasteiger partial charge on any atom is -0.497 e. The molecule has 2 heterocycles. The first-order chi connectivity index (χ1) is 14.9. The normalized spacial score (nSPS) is 15.3. The zero-order chi connectivity index (χ0) is 22.4. The van der Waals surface area contributed by atoms with Gasteiger partial charge in [-0.2, -0.15) is 5.10 Å². The van der Waals surface area contributed by atoms with Gasteiger partial charge in [-0.3, -0.25) is 14.5 Å². The van der Waals surface area contributed by atoms with Crippen LogP contribution < -0.4 is 19.7 Å². The number of hydrogen-bond donors (Lipinski definition) is 2. The summed E-state index contributed by atoms with van der Waals surface area (Å²) in [4.78, 5) is 20.9. The molecule has 2 N–H and O–H groups in total. The molecule has 0 aliphatic carbocycles. The number of guanidine groups is 1. The predicted molar refractivity (Wildman–Crippen MR) is 133 cm³/mol. The number of anilines is 1. The van der Waals surface area contributed by atoms with Crippen LogP contribution >= 0.6 is 24.0 Å². The van der Waals surface area contributed by atoms with Crippen molar-refractivity contribution in [1.82, 2.24) is 20.0 Å². The summed E-state index contributed by atoms with van der Waals surface area (Å²) in [5, 5.41) is 18.0. The van der Waals surface area contributed by atoms with Crippen molar-refractivity contribution < 1.29 is 19.4 Å². The maximum atomic E-state index is 12.7. The first-order valence-corrected chi connectivity index (χ1v) is 10.2. The van der Waals surface area contributed by atoms with E-state index in [1.165, 1.54) is 0 Å². The Kier molecular flexibility index (Phi) is 9.57. The molecule has 176 valence electrons. The Labute approximate surface area is 205 Å². The molecule has 1 saturated heterocycles. The number of aliphatic hydroxyl groups is 1. The lowest BCUT2D eigenvalue weighted by atomic mass is 10.1. The molecule has 1 aromatic heterocycles. The van der Waals surface area contributed by atoms with Crippen LogP contribution in [0.25, 0.3) is 0 Å². The van der Waals surface area contributed by atoms with Crippen LogP contribution in [-0.2, 0) is 11.8 Å². The van der Waals surface area contributed by atoms with E-state index in [0.717, 1.165) is 5.69 Å². The van der Waals surface area contributed by atoms with Gasteiger partial charge >= 0.3 is 0 Å². The molecule has 0 saturated carbocycles. The minimum absolute atomic E-state index is 0. The number of piperazine rings is 1. The molecule has 1 atom stereocenters. The first-order valence-electron chi connectivity index (χ1n) is 10.2. The van der Waals surface area contributed by atoms with Crippen LogP contribution in [0, 0.1) is 0 Å². The zero-order valence-electron chi connectivity index (χ0n) is 18.8. The van der Waals surface area contributed by atoms with Crippen LogP contribution in [0.5, 0.6) is 11.5 Å². The number of aromatic nitrogens is 2. The van der Waals surface area contributed by atoms with Crippen LogP contribution in [0.4, 0.5) is 5.69 Å². The second-order valence-corrected chi connectivity index (χ2v) is 7.20. The summed E-state index contributed by atoms with van der Waals surface area (Å²) in [7, 11) is 4.95. The zero-order valence-corrected chi connectivity index (χ0v) is 21.1. The molecule has 32 heavy (non-hydrogen) atoms. The molecule has 1 aromatic carbocycles. The van der Waals surface area contributed by atoms with E-state index in [1.807, 2.05) is 25.1 Å². The van der Waals surface area contributed by atoms with E-state index >= 15 is 0 Å². The van der Waals surface area contributed by atoms with Crippen LogP contribution in [-0.4, -0.2) is 78.6 Å². The molecular formula is C21H31IN6O4. The average molecular weight is 558 g/mol. The molecule has 1 fully saturated rings. The number of aryl methyl sites for hydroxylation is 1. The third kappa shape index (κ3) is 6.25. The van der Waals surface area contributed by atoms with Crippen LogP contribution in [0.3, 0.4) is 0 Å². The van der Waals surface area contributed by atoms with E-state index in [2.05, 4.69) is 15.4 Å². The monoisotopic (exact) mass is 558 g/mol. The number of carbonyl (C=O) groups is 1. The van der Waals surface area contributed by atoms with E-state index in [4.69, 9.17) is 9.47 Å². The largest absolute Gasteiger partial charge is 0.497 e. The number of aliphatic hydroxyl groups excluding tert-OH is 1. The second kappa shape index (κ2) is 11.9.